The van der Waals surface area contributed by atoms with Crippen molar-refractivity contribution in [3.63, 3.8) is 0 Å². The van der Waals surface area contributed by atoms with Crippen molar-refractivity contribution in [1.29, 1.82) is 0 Å². The van der Waals surface area contributed by atoms with Crippen LogP contribution in [0, 0.1) is 5.82 Å². The van der Waals surface area contributed by atoms with Crippen molar-refractivity contribution in [3.05, 3.63) is 103 Å². The van der Waals surface area contributed by atoms with Crippen molar-refractivity contribution in [2.45, 2.75) is 6.92 Å². The summed E-state index contributed by atoms with van der Waals surface area (Å²) in [7, 11) is -0.727. The zero-order chi connectivity index (χ0) is 33.6. The maximum atomic E-state index is 13.8. The molecule has 0 aliphatic carbocycles. The Kier molecular flexibility index (Phi) is 7.72. The molecule has 0 aliphatic heterocycles. The smallest absolute Gasteiger partial charge is 0.255 e. The van der Waals surface area contributed by atoms with Crippen molar-refractivity contribution in [1.82, 2.24) is 10.3 Å². The lowest BCUT2D eigenvalue weighted by atomic mass is 9.97. The Morgan fingerprint density at radius 2 is 1.69 bits per heavy atom. The molecular formula is C36H28FN3O7S. The zero-order valence-electron chi connectivity index (χ0n) is 26.0. The van der Waals surface area contributed by atoms with E-state index in [1.807, 2.05) is 18.2 Å². The largest absolute Gasteiger partial charge is 0.496 e. The number of nitrogens with one attached hydrogen (secondary N) is 2. The Bertz CT molecular complexity index is 2430. The molecule has 242 valence electrons. The molecule has 7 aromatic rings. The van der Waals surface area contributed by atoms with Crippen LogP contribution in [0.5, 0.6) is 5.75 Å². The number of oxazole rings is 1. The molecule has 7 rings (SSSR count). The second kappa shape index (κ2) is 12.0. The molecular weight excluding hydrogens is 637 g/mol. The molecule has 4 aromatic carbocycles. The predicted molar refractivity (Wildman–Crippen MR) is 181 cm³/mol. The fraction of sp³-hybridized carbons (Fsp3) is 0.111. The molecule has 3 aromatic heterocycles. The molecule has 0 spiro atoms. The maximum absolute atomic E-state index is 13.8. The Labute approximate surface area is 274 Å². The van der Waals surface area contributed by atoms with Crippen LogP contribution in [0.3, 0.4) is 0 Å². The number of methoxy groups -OCH3 is 1. The van der Waals surface area contributed by atoms with E-state index in [9.17, 15) is 17.6 Å². The Hall–Kier alpha value is -5.88. The summed E-state index contributed by atoms with van der Waals surface area (Å²) in [4.78, 5) is 18.1. The van der Waals surface area contributed by atoms with Gasteiger partial charge in [0.05, 0.1) is 35.9 Å². The van der Waals surface area contributed by atoms with Gasteiger partial charge in [-0.1, -0.05) is 12.1 Å². The summed E-state index contributed by atoms with van der Waals surface area (Å²) in [6.07, 6.45) is 1.58. The van der Waals surface area contributed by atoms with Crippen LogP contribution in [0.25, 0.3) is 67.3 Å². The molecule has 10 nitrogen and oxygen atoms in total. The van der Waals surface area contributed by atoms with E-state index in [0.29, 0.717) is 50.2 Å². The van der Waals surface area contributed by atoms with E-state index in [-0.39, 0.29) is 34.2 Å². The number of furan rings is 2. The summed E-state index contributed by atoms with van der Waals surface area (Å²) in [6.45, 7) is 1.53. The minimum atomic E-state index is -3.75. The SMILES string of the molecule is CCS(=O)(=O)Nc1cc2oc(-c3ccc(F)cc3)c(C(=O)NC)c2cc1-c1ccc(OC)c(-c2nc3c(-c4ccco4)cccc3o2)c1. The number of carbonyl (C=O) groups excluding carboxylic acids is 1. The van der Waals surface area contributed by atoms with E-state index < -0.39 is 21.7 Å². The van der Waals surface area contributed by atoms with E-state index in [4.69, 9.17) is 23.0 Å². The molecule has 2 N–H and O–H groups in total. The van der Waals surface area contributed by atoms with Crippen molar-refractivity contribution < 1.29 is 35.6 Å². The minimum Gasteiger partial charge on any atom is -0.496 e. The number of benzene rings is 4. The zero-order valence-corrected chi connectivity index (χ0v) is 26.8. The van der Waals surface area contributed by atoms with Gasteiger partial charge in [0.15, 0.2) is 5.58 Å². The number of halogens is 1. The Balaban J connectivity index is 1.45. The number of hydrogen-bond acceptors (Lipinski definition) is 8. The van der Waals surface area contributed by atoms with E-state index >= 15 is 0 Å². The third-order valence-corrected chi connectivity index (χ3v) is 9.27. The fourth-order valence-corrected chi connectivity index (χ4v) is 6.25. The van der Waals surface area contributed by atoms with Gasteiger partial charge >= 0.3 is 0 Å². The number of aromatic nitrogens is 1. The number of amides is 1. The standard InChI is InChI=1S/C36H28FN3O7S/c1-4-48(42,43)40-27-19-31-25(32(35(41)38-2)34(46-31)20-10-13-22(37)14-11-20)18-24(27)21-12-15-28(44-3)26(17-21)36-39-33-23(29-9-6-16-45-29)7-5-8-30(33)47-36/h5-19,40H,4H2,1-3H3,(H,38,41). The molecule has 0 saturated heterocycles. The van der Waals surface area contributed by atoms with Crippen LogP contribution < -0.4 is 14.8 Å². The summed E-state index contributed by atoms with van der Waals surface area (Å²) in [6, 6.07) is 23.2. The Morgan fingerprint density at radius 1 is 0.896 bits per heavy atom. The van der Waals surface area contributed by atoms with Gasteiger partial charge in [-0.15, -0.1) is 0 Å². The first-order chi connectivity index (χ1) is 23.2. The number of carbonyl (C=O) groups is 1. The number of nitrogens with zero attached hydrogens (tertiary/aromatic N) is 1. The monoisotopic (exact) mass is 665 g/mol. The molecule has 0 unspecified atom stereocenters. The van der Waals surface area contributed by atoms with Crippen LogP contribution in [0.4, 0.5) is 10.1 Å². The summed E-state index contributed by atoms with van der Waals surface area (Å²) < 4.78 is 65.9. The molecule has 0 atom stereocenters. The molecule has 0 bridgehead atoms. The van der Waals surface area contributed by atoms with Gasteiger partial charge in [-0.25, -0.2) is 17.8 Å². The van der Waals surface area contributed by atoms with E-state index in [1.165, 1.54) is 51.4 Å². The average Bonchev–Trinajstić information content (AvgIpc) is 3.86. The van der Waals surface area contributed by atoms with Gasteiger partial charge < -0.3 is 23.3 Å². The third-order valence-electron chi connectivity index (χ3n) is 7.98. The average molecular weight is 666 g/mol. The first kappa shape index (κ1) is 30.8. The third kappa shape index (κ3) is 5.45. The number of hydrogen-bond donors (Lipinski definition) is 2. The summed E-state index contributed by atoms with van der Waals surface area (Å²) in [5.41, 5.74) is 4.57. The first-order valence-corrected chi connectivity index (χ1v) is 16.6. The quantitative estimate of drug-likeness (QED) is 0.158. The van der Waals surface area contributed by atoms with Crippen LogP contribution in [0.1, 0.15) is 17.3 Å². The van der Waals surface area contributed by atoms with Crippen molar-refractivity contribution >= 4 is 43.7 Å². The number of sulfonamides is 1. The highest BCUT2D eigenvalue weighted by atomic mass is 32.2. The summed E-state index contributed by atoms with van der Waals surface area (Å²) >= 11 is 0. The van der Waals surface area contributed by atoms with Crippen molar-refractivity contribution in [2.75, 3.05) is 24.6 Å². The van der Waals surface area contributed by atoms with E-state index in [0.717, 1.165) is 5.56 Å². The van der Waals surface area contributed by atoms with Crippen LogP contribution in [0.2, 0.25) is 0 Å². The van der Waals surface area contributed by atoms with Gasteiger partial charge in [0.2, 0.25) is 15.9 Å². The topological polar surface area (TPSA) is 137 Å². The molecule has 3 heterocycles. The second-order valence-corrected chi connectivity index (χ2v) is 12.9. The molecule has 0 aliphatic rings. The van der Waals surface area contributed by atoms with Crippen LogP contribution in [-0.2, 0) is 10.0 Å². The normalized spacial score (nSPS) is 11.7. The number of rotatable bonds is 9. The fourth-order valence-electron chi connectivity index (χ4n) is 5.60. The van der Waals surface area contributed by atoms with Crippen LogP contribution in [-0.4, -0.2) is 39.2 Å². The van der Waals surface area contributed by atoms with Crippen LogP contribution in [0.15, 0.2) is 104 Å². The lowest BCUT2D eigenvalue weighted by molar-refractivity contribution is 0.0964. The predicted octanol–water partition coefficient (Wildman–Crippen LogP) is 8.10. The van der Waals surface area contributed by atoms with Gasteiger partial charge in [0.25, 0.3) is 5.91 Å². The van der Waals surface area contributed by atoms with Crippen LogP contribution >= 0.6 is 0 Å². The van der Waals surface area contributed by atoms with E-state index in [2.05, 4.69) is 10.0 Å². The van der Waals surface area contributed by atoms with Gasteiger partial charge in [-0.2, -0.15) is 0 Å². The van der Waals surface area contributed by atoms with Gasteiger partial charge in [-0.05, 0) is 79.2 Å². The minimum absolute atomic E-state index is 0.179. The van der Waals surface area contributed by atoms with E-state index in [1.54, 1.807) is 42.7 Å². The Morgan fingerprint density at radius 3 is 2.40 bits per heavy atom. The number of anilines is 1. The summed E-state index contributed by atoms with van der Waals surface area (Å²) in [5, 5.41) is 3.07. The van der Waals surface area contributed by atoms with Gasteiger partial charge in [-0.3, -0.25) is 9.52 Å². The highest BCUT2D eigenvalue weighted by Gasteiger charge is 2.25. The van der Waals surface area contributed by atoms with Gasteiger partial charge in [0, 0.05) is 35.2 Å². The highest BCUT2D eigenvalue weighted by Crippen LogP contribution is 2.43. The number of fused-ring (bicyclic) bond motifs is 2. The molecule has 0 radical (unpaired) electrons. The molecule has 0 saturated carbocycles. The van der Waals surface area contributed by atoms with Gasteiger partial charge in [0.1, 0.15) is 34.2 Å². The lowest BCUT2D eigenvalue weighted by Gasteiger charge is -2.14. The maximum Gasteiger partial charge on any atom is 0.255 e. The summed E-state index contributed by atoms with van der Waals surface area (Å²) in [5.74, 6) is 0.523. The molecule has 0 fully saturated rings. The van der Waals surface area contributed by atoms with Crippen molar-refractivity contribution in [3.8, 4) is 51.0 Å². The molecule has 48 heavy (non-hydrogen) atoms. The number of para-hydroxylation sites is 1. The van der Waals surface area contributed by atoms with Crippen molar-refractivity contribution in [2.24, 2.45) is 0 Å². The highest BCUT2D eigenvalue weighted by molar-refractivity contribution is 7.92. The molecule has 1 amide bonds. The molecule has 12 heteroatoms. The first-order valence-electron chi connectivity index (χ1n) is 14.9. The lowest BCUT2D eigenvalue weighted by Crippen LogP contribution is -2.18. The second-order valence-electron chi connectivity index (χ2n) is 10.9. The number of ether oxygens (including phenoxy) is 1.